The normalized spacial score (nSPS) is 12.3. The Kier molecular flexibility index (Phi) is 10.8. The molecule has 1 aromatic heterocycles. The predicted molar refractivity (Wildman–Crippen MR) is 123 cm³/mol. The average molecular weight is 551 g/mol. The van der Waals surface area contributed by atoms with Crippen LogP contribution in [0.3, 0.4) is 0 Å². The van der Waals surface area contributed by atoms with Crippen molar-refractivity contribution in [2.45, 2.75) is 40.2 Å². The summed E-state index contributed by atoms with van der Waals surface area (Å²) in [6, 6.07) is 7.82. The summed E-state index contributed by atoms with van der Waals surface area (Å²) in [6.07, 6.45) is 0.806. The van der Waals surface area contributed by atoms with Gasteiger partial charge in [-0.2, -0.15) is 0 Å². The molecule has 2 rings (SSSR count). The van der Waals surface area contributed by atoms with Crippen LogP contribution < -0.4 is 15.4 Å². The van der Waals surface area contributed by atoms with Crippen LogP contribution in [-0.2, 0) is 6.42 Å². The third kappa shape index (κ3) is 7.69. The van der Waals surface area contributed by atoms with Crippen LogP contribution in [0.15, 0.2) is 38.3 Å². The molecule has 0 fully saturated rings. The molecule has 27 heavy (non-hydrogen) atoms. The zero-order valence-electron chi connectivity index (χ0n) is 16.2. The molecule has 0 aliphatic carbocycles. The predicted octanol–water partition coefficient (Wildman–Crippen LogP) is 4.24. The minimum Gasteiger partial charge on any atom is -0.488 e. The largest absolute Gasteiger partial charge is 0.488 e. The van der Waals surface area contributed by atoms with Crippen LogP contribution in [0.1, 0.15) is 30.9 Å². The van der Waals surface area contributed by atoms with Crippen LogP contribution in [0, 0.1) is 13.8 Å². The third-order valence-electron chi connectivity index (χ3n) is 3.86. The smallest absolute Gasteiger partial charge is 0.191 e. The van der Waals surface area contributed by atoms with Gasteiger partial charge in [0.25, 0.3) is 0 Å². The van der Waals surface area contributed by atoms with Crippen LogP contribution >= 0.6 is 39.9 Å². The summed E-state index contributed by atoms with van der Waals surface area (Å²) in [5.74, 6) is 2.48. The summed E-state index contributed by atoms with van der Waals surface area (Å²) in [6.45, 7) is 10.1. The molecule has 1 heterocycles. The number of aryl methyl sites for hydroxylation is 2. The van der Waals surface area contributed by atoms with Gasteiger partial charge in [0.1, 0.15) is 17.6 Å². The fourth-order valence-electron chi connectivity index (χ4n) is 2.52. The van der Waals surface area contributed by atoms with Crippen molar-refractivity contribution in [2.24, 2.45) is 4.99 Å². The molecule has 0 aliphatic heterocycles. The van der Waals surface area contributed by atoms with Crippen molar-refractivity contribution in [3.63, 3.8) is 0 Å². The first-order chi connectivity index (χ1) is 12.5. The Morgan fingerprint density at radius 1 is 1.30 bits per heavy atom. The topological polar surface area (TPSA) is 71.7 Å². The molecule has 6 nitrogen and oxygen atoms in total. The van der Waals surface area contributed by atoms with Gasteiger partial charge in [0.2, 0.25) is 0 Å². The molecule has 150 valence electrons. The van der Waals surface area contributed by atoms with Gasteiger partial charge in [-0.25, -0.2) is 4.99 Å². The van der Waals surface area contributed by atoms with E-state index in [2.05, 4.69) is 36.7 Å². The number of benzene rings is 1. The molecule has 0 saturated carbocycles. The lowest BCUT2D eigenvalue weighted by Gasteiger charge is -2.16. The Morgan fingerprint density at radius 2 is 2.04 bits per heavy atom. The van der Waals surface area contributed by atoms with Crippen LogP contribution in [0.2, 0.25) is 0 Å². The maximum atomic E-state index is 5.94. The number of ether oxygens (including phenoxy) is 1. The number of nitrogens with one attached hydrogen (secondary N) is 2. The van der Waals surface area contributed by atoms with Crippen molar-refractivity contribution in [2.75, 3.05) is 19.6 Å². The van der Waals surface area contributed by atoms with E-state index in [1.807, 2.05) is 52.0 Å². The maximum Gasteiger partial charge on any atom is 0.191 e. The van der Waals surface area contributed by atoms with Gasteiger partial charge in [-0.05, 0) is 62.2 Å². The standard InChI is InChI=1S/C19H27BrN4O2.HI/c1-5-21-19(22-11-10-16-14(3)24-26-15(16)4)23-12-13(2)25-18-9-7-6-8-17(18)20;/h6-9,13H,5,10-12H2,1-4H3,(H2,21,22,23);1H. The summed E-state index contributed by atoms with van der Waals surface area (Å²) >= 11 is 3.50. The van der Waals surface area contributed by atoms with Gasteiger partial charge < -0.3 is 19.9 Å². The van der Waals surface area contributed by atoms with Gasteiger partial charge in [0, 0.05) is 18.7 Å². The zero-order chi connectivity index (χ0) is 18.9. The fourth-order valence-corrected chi connectivity index (χ4v) is 2.90. The lowest BCUT2D eigenvalue weighted by atomic mass is 10.1. The third-order valence-corrected chi connectivity index (χ3v) is 4.52. The number of hydrogen-bond donors (Lipinski definition) is 2. The van der Waals surface area contributed by atoms with E-state index in [1.54, 1.807) is 0 Å². The first kappa shape index (κ1) is 23.7. The van der Waals surface area contributed by atoms with Crippen LogP contribution in [0.4, 0.5) is 0 Å². The van der Waals surface area contributed by atoms with Gasteiger partial charge >= 0.3 is 0 Å². The summed E-state index contributed by atoms with van der Waals surface area (Å²) in [4.78, 5) is 4.62. The Morgan fingerprint density at radius 3 is 2.67 bits per heavy atom. The van der Waals surface area contributed by atoms with E-state index in [0.717, 1.165) is 52.7 Å². The highest BCUT2D eigenvalue weighted by Crippen LogP contribution is 2.24. The van der Waals surface area contributed by atoms with Crippen molar-refractivity contribution in [3.05, 3.63) is 45.8 Å². The first-order valence-electron chi connectivity index (χ1n) is 8.86. The molecule has 2 N–H and O–H groups in total. The first-order valence-corrected chi connectivity index (χ1v) is 9.65. The second-order valence-electron chi connectivity index (χ2n) is 6.06. The SMILES string of the molecule is CCNC(=NCC(C)Oc1ccccc1Br)NCCc1c(C)noc1C.I. The van der Waals surface area contributed by atoms with E-state index < -0.39 is 0 Å². The number of hydrogen-bond acceptors (Lipinski definition) is 4. The van der Waals surface area contributed by atoms with Crippen molar-refractivity contribution >= 4 is 45.9 Å². The zero-order valence-corrected chi connectivity index (χ0v) is 20.1. The van der Waals surface area contributed by atoms with Gasteiger partial charge in [-0.15, -0.1) is 24.0 Å². The molecule has 0 aliphatic rings. The van der Waals surface area contributed by atoms with Crippen molar-refractivity contribution in [3.8, 4) is 5.75 Å². The van der Waals surface area contributed by atoms with Crippen LogP contribution in [0.25, 0.3) is 0 Å². The number of aliphatic imine (C=N–C) groups is 1. The minimum absolute atomic E-state index is 0. The molecule has 8 heteroatoms. The molecule has 0 bridgehead atoms. The van der Waals surface area contributed by atoms with Crippen LogP contribution in [0.5, 0.6) is 5.75 Å². The van der Waals surface area contributed by atoms with E-state index in [-0.39, 0.29) is 30.1 Å². The highest BCUT2D eigenvalue weighted by molar-refractivity contribution is 14.0. The number of aromatic nitrogens is 1. The molecule has 1 atom stereocenters. The number of guanidine groups is 1. The van der Waals surface area contributed by atoms with Gasteiger partial charge in [-0.1, -0.05) is 17.3 Å². The van der Waals surface area contributed by atoms with Gasteiger partial charge in [0.15, 0.2) is 5.96 Å². The number of para-hydroxylation sites is 1. The van der Waals surface area contributed by atoms with E-state index >= 15 is 0 Å². The number of halogens is 2. The Hall–Kier alpha value is -1.29. The lowest BCUT2D eigenvalue weighted by molar-refractivity contribution is 0.228. The summed E-state index contributed by atoms with van der Waals surface area (Å²) in [5, 5.41) is 10.6. The van der Waals surface area contributed by atoms with E-state index in [4.69, 9.17) is 9.26 Å². The average Bonchev–Trinajstić information content (AvgIpc) is 2.93. The molecule has 0 radical (unpaired) electrons. The highest BCUT2D eigenvalue weighted by Gasteiger charge is 2.10. The maximum absolute atomic E-state index is 5.94. The molecule has 0 saturated heterocycles. The molecule has 0 amide bonds. The van der Waals surface area contributed by atoms with Crippen LogP contribution in [-0.4, -0.2) is 36.9 Å². The second kappa shape index (κ2) is 12.2. The molecule has 0 spiro atoms. The minimum atomic E-state index is -0.0354. The summed E-state index contributed by atoms with van der Waals surface area (Å²) in [5.41, 5.74) is 2.10. The molecule has 1 aromatic carbocycles. The summed E-state index contributed by atoms with van der Waals surface area (Å²) < 4.78 is 12.1. The Labute approximate surface area is 186 Å². The number of nitrogens with zero attached hydrogens (tertiary/aromatic N) is 2. The summed E-state index contributed by atoms with van der Waals surface area (Å²) in [7, 11) is 0. The van der Waals surface area contributed by atoms with E-state index in [9.17, 15) is 0 Å². The highest BCUT2D eigenvalue weighted by atomic mass is 127. The van der Waals surface area contributed by atoms with Gasteiger partial charge in [0.05, 0.1) is 16.7 Å². The number of rotatable bonds is 8. The quantitative estimate of drug-likeness (QED) is 0.292. The van der Waals surface area contributed by atoms with Crippen molar-refractivity contribution in [1.29, 1.82) is 0 Å². The molecule has 2 aromatic rings. The van der Waals surface area contributed by atoms with Gasteiger partial charge in [-0.3, -0.25) is 0 Å². The van der Waals surface area contributed by atoms with E-state index in [1.165, 1.54) is 0 Å². The lowest BCUT2D eigenvalue weighted by Crippen LogP contribution is -2.39. The Bertz CT molecular complexity index is 717. The van der Waals surface area contributed by atoms with Crippen molar-refractivity contribution in [1.82, 2.24) is 15.8 Å². The Balaban J connectivity index is 0.00000364. The molecular formula is C19H28BrIN4O2. The molecule has 1 unspecified atom stereocenters. The fraction of sp³-hybridized carbons (Fsp3) is 0.474. The van der Waals surface area contributed by atoms with Crippen molar-refractivity contribution < 1.29 is 9.26 Å². The second-order valence-corrected chi connectivity index (χ2v) is 6.91. The van der Waals surface area contributed by atoms with E-state index in [0.29, 0.717) is 6.54 Å². The molecular weight excluding hydrogens is 523 g/mol. The monoisotopic (exact) mass is 550 g/mol.